The molecule has 1 saturated carbocycles. The molecule has 0 spiro atoms. The third-order valence-electron chi connectivity index (χ3n) is 5.20. The first-order valence-electron chi connectivity index (χ1n) is 9.36. The molecule has 6 nitrogen and oxygen atoms in total. The van der Waals surface area contributed by atoms with Crippen molar-refractivity contribution in [2.75, 3.05) is 18.0 Å². The molecule has 0 atom stereocenters. The molecule has 2 aromatic heterocycles. The zero-order valence-corrected chi connectivity index (χ0v) is 16.2. The van der Waals surface area contributed by atoms with Gasteiger partial charge in [-0.3, -0.25) is 4.79 Å². The van der Waals surface area contributed by atoms with E-state index in [0.717, 1.165) is 47.3 Å². The zero-order chi connectivity index (χ0) is 18.1. The molecule has 2 aliphatic rings. The highest BCUT2D eigenvalue weighted by atomic mass is 32.1. The molecule has 4 rings (SSSR count). The van der Waals surface area contributed by atoms with Gasteiger partial charge in [0.1, 0.15) is 12.1 Å². The van der Waals surface area contributed by atoms with E-state index in [0.29, 0.717) is 18.5 Å². The van der Waals surface area contributed by atoms with Gasteiger partial charge in [-0.1, -0.05) is 0 Å². The van der Waals surface area contributed by atoms with Crippen molar-refractivity contribution in [3.8, 4) is 0 Å². The fraction of sp³-hybridized carbons (Fsp3) is 0.579. The number of aromatic nitrogens is 3. The topological polar surface area (TPSA) is 62.2 Å². The van der Waals surface area contributed by atoms with Crippen molar-refractivity contribution >= 4 is 23.1 Å². The molecule has 0 N–H and O–H groups in total. The Labute approximate surface area is 158 Å². The molecule has 1 aliphatic heterocycles. The standard InChI is InChI=1S/C19H25N5OS/c1-13-9-18(22-12-21-13)24(15-3-4-15)16-5-7-23(8-6-16)19(25)10-17-11-20-14(2)26-17/h9,11-12,15-16H,3-8,10H2,1-2H3. The molecule has 0 unspecified atom stereocenters. The summed E-state index contributed by atoms with van der Waals surface area (Å²) >= 11 is 1.62. The Hall–Kier alpha value is -2.02. The molecule has 1 amide bonds. The maximum Gasteiger partial charge on any atom is 0.227 e. The highest BCUT2D eigenvalue weighted by Gasteiger charge is 2.37. The lowest BCUT2D eigenvalue weighted by Crippen LogP contribution is -2.48. The van der Waals surface area contributed by atoms with Crippen molar-refractivity contribution in [2.45, 2.75) is 58.0 Å². The summed E-state index contributed by atoms with van der Waals surface area (Å²) in [6.07, 6.45) is 8.47. The largest absolute Gasteiger partial charge is 0.350 e. The molecule has 26 heavy (non-hydrogen) atoms. The first kappa shape index (κ1) is 17.4. The average Bonchev–Trinajstić information content (AvgIpc) is 3.37. The van der Waals surface area contributed by atoms with Crippen LogP contribution < -0.4 is 4.90 Å². The van der Waals surface area contributed by atoms with E-state index in [1.807, 2.05) is 24.9 Å². The fourth-order valence-corrected chi connectivity index (χ4v) is 4.53. The highest BCUT2D eigenvalue weighted by molar-refractivity contribution is 7.11. The van der Waals surface area contributed by atoms with Gasteiger partial charge in [-0.15, -0.1) is 11.3 Å². The van der Waals surface area contributed by atoms with Crippen molar-refractivity contribution in [2.24, 2.45) is 0 Å². The van der Waals surface area contributed by atoms with Crippen molar-refractivity contribution in [1.82, 2.24) is 19.9 Å². The minimum Gasteiger partial charge on any atom is -0.350 e. The quantitative estimate of drug-likeness (QED) is 0.809. The summed E-state index contributed by atoms with van der Waals surface area (Å²) in [6, 6.07) is 3.16. The van der Waals surface area contributed by atoms with Gasteiger partial charge in [-0.05, 0) is 39.5 Å². The number of hydrogen-bond donors (Lipinski definition) is 0. The van der Waals surface area contributed by atoms with Gasteiger partial charge in [-0.2, -0.15) is 0 Å². The third-order valence-corrected chi connectivity index (χ3v) is 6.11. The number of piperidine rings is 1. The highest BCUT2D eigenvalue weighted by Crippen LogP contribution is 2.35. The Kier molecular flexibility index (Phi) is 4.89. The van der Waals surface area contributed by atoms with Gasteiger partial charge in [0.25, 0.3) is 0 Å². The van der Waals surface area contributed by atoms with Crippen LogP contribution in [0.5, 0.6) is 0 Å². The van der Waals surface area contributed by atoms with Crippen LogP contribution >= 0.6 is 11.3 Å². The summed E-state index contributed by atoms with van der Waals surface area (Å²) in [5.41, 5.74) is 1.01. The summed E-state index contributed by atoms with van der Waals surface area (Å²) in [4.78, 5) is 31.1. The lowest BCUT2D eigenvalue weighted by molar-refractivity contribution is -0.131. The summed E-state index contributed by atoms with van der Waals surface area (Å²) in [6.45, 7) is 5.65. The molecule has 0 bridgehead atoms. The summed E-state index contributed by atoms with van der Waals surface area (Å²) in [7, 11) is 0. The predicted molar refractivity (Wildman–Crippen MR) is 102 cm³/mol. The lowest BCUT2D eigenvalue weighted by atomic mass is 10.0. The molecule has 0 radical (unpaired) electrons. The Morgan fingerprint density at radius 2 is 1.88 bits per heavy atom. The van der Waals surface area contributed by atoms with Crippen LogP contribution in [0.1, 0.15) is 41.3 Å². The van der Waals surface area contributed by atoms with Gasteiger partial charge in [0.15, 0.2) is 0 Å². The maximum atomic E-state index is 12.6. The molecule has 0 aromatic carbocycles. The molecule has 2 fully saturated rings. The van der Waals surface area contributed by atoms with Crippen LogP contribution in [0.25, 0.3) is 0 Å². The van der Waals surface area contributed by atoms with E-state index in [-0.39, 0.29) is 5.91 Å². The van der Waals surface area contributed by atoms with E-state index in [9.17, 15) is 4.79 Å². The van der Waals surface area contributed by atoms with Crippen LogP contribution in [-0.4, -0.2) is 50.9 Å². The number of aryl methyl sites for hydroxylation is 2. The van der Waals surface area contributed by atoms with Crippen molar-refractivity contribution < 1.29 is 4.79 Å². The summed E-state index contributed by atoms with van der Waals surface area (Å²) in [5.74, 6) is 1.27. The number of likely N-dealkylation sites (tertiary alicyclic amines) is 1. The summed E-state index contributed by atoms with van der Waals surface area (Å²) in [5, 5.41) is 1.02. The molecule has 1 saturated heterocycles. The monoisotopic (exact) mass is 371 g/mol. The van der Waals surface area contributed by atoms with Gasteiger partial charge in [-0.25, -0.2) is 15.0 Å². The van der Waals surface area contributed by atoms with E-state index in [2.05, 4.69) is 25.9 Å². The molecule has 1 aliphatic carbocycles. The maximum absolute atomic E-state index is 12.6. The normalized spacial score (nSPS) is 18.2. The van der Waals surface area contributed by atoms with Crippen molar-refractivity contribution in [3.05, 3.63) is 34.2 Å². The van der Waals surface area contributed by atoms with Gasteiger partial charge in [0, 0.05) is 48.0 Å². The van der Waals surface area contributed by atoms with Gasteiger partial charge >= 0.3 is 0 Å². The van der Waals surface area contributed by atoms with Crippen LogP contribution in [0.2, 0.25) is 0 Å². The van der Waals surface area contributed by atoms with Gasteiger partial charge in [0.2, 0.25) is 5.91 Å². The number of thiazole rings is 1. The second kappa shape index (κ2) is 7.31. The SMILES string of the molecule is Cc1cc(N(C2CC2)C2CCN(C(=O)Cc3cnc(C)s3)CC2)ncn1. The smallest absolute Gasteiger partial charge is 0.227 e. The Morgan fingerprint density at radius 3 is 2.50 bits per heavy atom. The number of carbonyl (C=O) groups is 1. The predicted octanol–water partition coefficient (Wildman–Crippen LogP) is 2.75. The van der Waals surface area contributed by atoms with Crippen LogP contribution in [0, 0.1) is 13.8 Å². The molecular weight excluding hydrogens is 346 g/mol. The first-order valence-corrected chi connectivity index (χ1v) is 10.2. The molecule has 2 aromatic rings. The molecule has 138 valence electrons. The van der Waals surface area contributed by atoms with E-state index < -0.39 is 0 Å². The molecular formula is C19H25N5OS. The van der Waals surface area contributed by atoms with Crippen LogP contribution in [-0.2, 0) is 11.2 Å². The fourth-order valence-electron chi connectivity index (χ4n) is 3.75. The van der Waals surface area contributed by atoms with Crippen LogP contribution in [0.15, 0.2) is 18.6 Å². The first-order chi connectivity index (χ1) is 12.6. The minimum absolute atomic E-state index is 0.225. The molecule has 3 heterocycles. The Morgan fingerprint density at radius 1 is 1.15 bits per heavy atom. The van der Waals surface area contributed by atoms with E-state index >= 15 is 0 Å². The third kappa shape index (κ3) is 3.87. The van der Waals surface area contributed by atoms with Crippen LogP contribution in [0.3, 0.4) is 0 Å². The lowest BCUT2D eigenvalue weighted by Gasteiger charge is -2.39. The summed E-state index contributed by atoms with van der Waals surface area (Å²) < 4.78 is 0. The number of anilines is 1. The Bertz CT molecular complexity index is 780. The van der Waals surface area contributed by atoms with Gasteiger partial charge in [0.05, 0.1) is 11.4 Å². The van der Waals surface area contributed by atoms with E-state index in [1.54, 1.807) is 17.7 Å². The van der Waals surface area contributed by atoms with E-state index in [1.165, 1.54) is 12.8 Å². The van der Waals surface area contributed by atoms with E-state index in [4.69, 9.17) is 0 Å². The number of carbonyl (C=O) groups excluding carboxylic acids is 1. The Balaban J connectivity index is 1.38. The number of rotatable bonds is 5. The molecule has 7 heteroatoms. The second-order valence-corrected chi connectivity index (χ2v) is 8.61. The minimum atomic E-state index is 0.225. The van der Waals surface area contributed by atoms with Crippen molar-refractivity contribution in [1.29, 1.82) is 0 Å². The zero-order valence-electron chi connectivity index (χ0n) is 15.4. The van der Waals surface area contributed by atoms with Crippen molar-refractivity contribution in [3.63, 3.8) is 0 Å². The van der Waals surface area contributed by atoms with Gasteiger partial charge < -0.3 is 9.80 Å². The average molecular weight is 372 g/mol. The number of hydrogen-bond acceptors (Lipinski definition) is 6. The number of amides is 1. The second-order valence-electron chi connectivity index (χ2n) is 7.29. The number of nitrogens with zero attached hydrogens (tertiary/aromatic N) is 5. The van der Waals surface area contributed by atoms with Crippen LogP contribution in [0.4, 0.5) is 5.82 Å².